The fourth-order valence-corrected chi connectivity index (χ4v) is 3.40. The third-order valence-electron chi connectivity index (χ3n) is 4.66. The first kappa shape index (κ1) is 28.2. The van der Waals surface area contributed by atoms with E-state index in [0.717, 1.165) is 27.7 Å². The molecular weight excluding hydrogens is 482 g/mol. The molecule has 5 atom stereocenters. The van der Waals surface area contributed by atoms with E-state index in [1.54, 1.807) is 0 Å². The molecule has 1 aromatic carbocycles. The van der Waals surface area contributed by atoms with Crippen LogP contribution in [0.15, 0.2) is 24.3 Å². The molecule has 0 aromatic heterocycles. The van der Waals surface area contributed by atoms with Crippen molar-refractivity contribution in [2.75, 3.05) is 6.61 Å². The minimum atomic E-state index is -1.51. The summed E-state index contributed by atoms with van der Waals surface area (Å²) < 4.78 is 31.5. The Morgan fingerprint density at radius 3 is 1.81 bits per heavy atom. The smallest absolute Gasteiger partial charge is 0.308 e. The van der Waals surface area contributed by atoms with Gasteiger partial charge in [0.05, 0.1) is 0 Å². The van der Waals surface area contributed by atoms with Gasteiger partial charge in [0.1, 0.15) is 24.5 Å². The van der Waals surface area contributed by atoms with E-state index in [0.29, 0.717) is 0 Å². The van der Waals surface area contributed by atoms with Crippen LogP contribution in [0, 0.1) is 0 Å². The molecular formula is C23H27NO12. The van der Waals surface area contributed by atoms with Gasteiger partial charge in [-0.2, -0.15) is 0 Å². The molecule has 1 N–H and O–H groups in total. The first-order chi connectivity index (χ1) is 16.9. The van der Waals surface area contributed by atoms with Crippen molar-refractivity contribution in [2.24, 2.45) is 0 Å². The molecule has 1 aromatic rings. The Morgan fingerprint density at radius 2 is 1.31 bits per heavy atom. The Balaban J connectivity index is 2.41. The SMILES string of the molecule is CC(=O)OC[C@@H]1O[C@H](OC(C)=O)[C@H](NC(=O)c2ccc(OC(C)=O)cc2)[C@@H](OC(C)=O)[C@H]1OC(C)=O. The molecule has 0 aliphatic carbocycles. The van der Waals surface area contributed by atoms with E-state index >= 15 is 0 Å². The molecule has 1 aliphatic heterocycles. The minimum absolute atomic E-state index is 0.111. The van der Waals surface area contributed by atoms with Crippen molar-refractivity contribution < 1.29 is 57.2 Å². The number of carbonyl (C=O) groups excluding carboxylic acids is 6. The monoisotopic (exact) mass is 509 g/mol. The Hall–Kier alpha value is -4.00. The Morgan fingerprint density at radius 1 is 0.750 bits per heavy atom. The van der Waals surface area contributed by atoms with Crippen LogP contribution in [0.5, 0.6) is 5.75 Å². The Bertz CT molecular complexity index is 1000. The summed E-state index contributed by atoms with van der Waals surface area (Å²) in [6.07, 6.45) is -5.45. The topological polar surface area (TPSA) is 170 Å². The Labute approximate surface area is 206 Å². The molecule has 196 valence electrons. The van der Waals surface area contributed by atoms with Crippen LogP contribution < -0.4 is 10.1 Å². The van der Waals surface area contributed by atoms with Crippen molar-refractivity contribution in [3.05, 3.63) is 29.8 Å². The van der Waals surface area contributed by atoms with Crippen molar-refractivity contribution in [1.82, 2.24) is 5.32 Å². The van der Waals surface area contributed by atoms with Gasteiger partial charge in [0.2, 0.25) is 6.29 Å². The lowest BCUT2D eigenvalue weighted by Crippen LogP contribution is -2.67. The van der Waals surface area contributed by atoms with Crippen LogP contribution >= 0.6 is 0 Å². The third-order valence-corrected chi connectivity index (χ3v) is 4.66. The fourth-order valence-electron chi connectivity index (χ4n) is 3.40. The molecule has 13 nitrogen and oxygen atoms in total. The second-order valence-corrected chi connectivity index (χ2v) is 7.72. The summed E-state index contributed by atoms with van der Waals surface area (Å²) in [7, 11) is 0. The second-order valence-electron chi connectivity index (χ2n) is 7.72. The molecule has 0 unspecified atom stereocenters. The standard InChI is InChI=1S/C23H27NO12/c1-11(25)31-10-18-20(33-13(3)27)21(34-14(4)28)19(23(36-18)35-15(5)29)24-22(30)16-6-8-17(9-7-16)32-12(2)26/h6-9,18-21,23H,10H2,1-5H3,(H,24,30)/t18-,19+,20-,21+,23-/m0/s1. The molecule has 1 amide bonds. The molecule has 1 heterocycles. The summed E-state index contributed by atoms with van der Waals surface area (Å²) >= 11 is 0. The lowest BCUT2D eigenvalue weighted by Gasteiger charge is -2.44. The van der Waals surface area contributed by atoms with Gasteiger partial charge in [-0.05, 0) is 24.3 Å². The van der Waals surface area contributed by atoms with Crippen molar-refractivity contribution in [1.29, 1.82) is 0 Å². The largest absolute Gasteiger partial charge is 0.463 e. The molecule has 36 heavy (non-hydrogen) atoms. The average Bonchev–Trinajstić information content (AvgIpc) is 2.75. The highest BCUT2D eigenvalue weighted by Gasteiger charge is 2.52. The number of carbonyl (C=O) groups is 6. The van der Waals surface area contributed by atoms with Gasteiger partial charge in [-0.25, -0.2) is 0 Å². The van der Waals surface area contributed by atoms with Crippen LogP contribution in [-0.4, -0.2) is 73.0 Å². The van der Waals surface area contributed by atoms with Crippen molar-refractivity contribution in [2.45, 2.75) is 65.3 Å². The number of hydrogen-bond donors (Lipinski definition) is 1. The Kier molecular flexibility index (Phi) is 9.91. The summed E-state index contributed by atoms with van der Waals surface area (Å²) in [4.78, 5) is 70.9. The van der Waals surface area contributed by atoms with E-state index in [2.05, 4.69) is 5.32 Å². The average molecular weight is 509 g/mol. The van der Waals surface area contributed by atoms with Crippen LogP contribution in [0.1, 0.15) is 45.0 Å². The number of rotatable bonds is 8. The van der Waals surface area contributed by atoms with Crippen molar-refractivity contribution in [3.63, 3.8) is 0 Å². The first-order valence-electron chi connectivity index (χ1n) is 10.8. The van der Waals surface area contributed by atoms with E-state index in [4.69, 9.17) is 28.4 Å². The highest BCUT2D eigenvalue weighted by Crippen LogP contribution is 2.28. The number of esters is 5. The summed E-state index contributed by atoms with van der Waals surface area (Å²) in [5, 5.41) is 2.57. The van der Waals surface area contributed by atoms with Gasteiger partial charge in [-0.3, -0.25) is 28.8 Å². The maximum absolute atomic E-state index is 13.0. The van der Waals surface area contributed by atoms with Crippen LogP contribution in [0.4, 0.5) is 0 Å². The van der Waals surface area contributed by atoms with Crippen LogP contribution in [0.25, 0.3) is 0 Å². The summed E-state index contributed by atoms with van der Waals surface area (Å²) in [5.74, 6) is -4.06. The summed E-state index contributed by atoms with van der Waals surface area (Å²) in [6, 6.07) is 4.17. The van der Waals surface area contributed by atoms with Gasteiger partial charge in [0.15, 0.2) is 12.2 Å². The molecule has 2 rings (SSSR count). The number of ether oxygens (including phenoxy) is 6. The van der Waals surface area contributed by atoms with E-state index in [1.807, 2.05) is 0 Å². The molecule has 1 saturated heterocycles. The van der Waals surface area contributed by atoms with Gasteiger partial charge in [-0.15, -0.1) is 0 Å². The van der Waals surface area contributed by atoms with Crippen LogP contribution in [0.2, 0.25) is 0 Å². The van der Waals surface area contributed by atoms with Crippen molar-refractivity contribution >= 4 is 35.8 Å². The summed E-state index contributed by atoms with van der Waals surface area (Å²) in [5.41, 5.74) is 0.111. The minimum Gasteiger partial charge on any atom is -0.463 e. The van der Waals surface area contributed by atoms with Gasteiger partial charge in [-0.1, -0.05) is 0 Å². The van der Waals surface area contributed by atoms with Gasteiger partial charge in [0, 0.05) is 40.2 Å². The van der Waals surface area contributed by atoms with Gasteiger partial charge in [0.25, 0.3) is 5.91 Å². The molecule has 0 radical (unpaired) electrons. The first-order valence-corrected chi connectivity index (χ1v) is 10.8. The van der Waals surface area contributed by atoms with E-state index in [9.17, 15) is 28.8 Å². The molecule has 0 bridgehead atoms. The molecule has 13 heteroatoms. The van der Waals surface area contributed by atoms with E-state index in [1.165, 1.54) is 31.2 Å². The zero-order valence-electron chi connectivity index (χ0n) is 20.3. The molecule has 1 fully saturated rings. The molecule has 0 spiro atoms. The van der Waals surface area contributed by atoms with E-state index in [-0.39, 0.29) is 11.3 Å². The summed E-state index contributed by atoms with van der Waals surface area (Å²) in [6.45, 7) is 5.23. The maximum Gasteiger partial charge on any atom is 0.308 e. The normalized spacial score (nSPS) is 23.0. The highest BCUT2D eigenvalue weighted by atomic mass is 16.7. The van der Waals surface area contributed by atoms with Crippen molar-refractivity contribution in [3.8, 4) is 5.75 Å². The number of hydrogen-bond acceptors (Lipinski definition) is 12. The third kappa shape index (κ3) is 8.34. The zero-order valence-corrected chi connectivity index (χ0v) is 20.3. The predicted molar refractivity (Wildman–Crippen MR) is 117 cm³/mol. The van der Waals surface area contributed by atoms with Gasteiger partial charge < -0.3 is 33.7 Å². The second kappa shape index (κ2) is 12.6. The number of nitrogens with one attached hydrogen (secondary N) is 1. The number of benzene rings is 1. The quantitative estimate of drug-likeness (QED) is 0.292. The predicted octanol–water partition coefficient (Wildman–Crippen LogP) is 0.425. The van der Waals surface area contributed by atoms with E-state index < -0.39 is 73.0 Å². The van der Waals surface area contributed by atoms with Crippen LogP contribution in [-0.2, 0) is 47.7 Å². The maximum atomic E-state index is 13.0. The van der Waals surface area contributed by atoms with Crippen LogP contribution in [0.3, 0.4) is 0 Å². The lowest BCUT2D eigenvalue weighted by molar-refractivity contribution is -0.270. The molecule has 1 aliphatic rings. The lowest BCUT2D eigenvalue weighted by atomic mass is 9.95. The number of amides is 1. The fraction of sp³-hybridized carbons (Fsp3) is 0.478. The highest BCUT2D eigenvalue weighted by molar-refractivity contribution is 5.94. The van der Waals surface area contributed by atoms with Gasteiger partial charge >= 0.3 is 29.8 Å². The zero-order chi connectivity index (χ0) is 27.0. The molecule has 0 saturated carbocycles.